The summed E-state index contributed by atoms with van der Waals surface area (Å²) in [7, 11) is 0. The predicted molar refractivity (Wildman–Crippen MR) is 59.8 cm³/mol. The molecule has 1 saturated heterocycles. The normalized spacial score (nSPS) is 22.3. The number of quaternary nitrogens is 2. The van der Waals surface area contributed by atoms with E-state index < -0.39 is 0 Å². The summed E-state index contributed by atoms with van der Waals surface area (Å²) in [4.78, 5) is 6.11. The van der Waals surface area contributed by atoms with E-state index in [1.165, 1.54) is 44.8 Å². The SMILES string of the molecule is c1ccc(CC[NH+]2CCC[NH2+]CC2)nc1. The maximum Gasteiger partial charge on any atom is 0.127 e. The zero-order chi connectivity index (χ0) is 10.3. The standard InChI is InChI=1S/C12H19N3/c1-2-7-14-12(4-1)5-10-15-9-3-6-13-8-11-15/h1-2,4,7,13H,3,5-6,8-11H2/p+2. The molecule has 1 aromatic heterocycles. The highest BCUT2D eigenvalue weighted by Gasteiger charge is 2.13. The molecule has 0 radical (unpaired) electrons. The zero-order valence-electron chi connectivity index (χ0n) is 9.28. The van der Waals surface area contributed by atoms with E-state index in [-0.39, 0.29) is 0 Å². The van der Waals surface area contributed by atoms with Crippen LogP contribution in [0.2, 0.25) is 0 Å². The van der Waals surface area contributed by atoms with E-state index in [0.717, 1.165) is 6.42 Å². The number of hydrogen-bond donors (Lipinski definition) is 2. The van der Waals surface area contributed by atoms with Crippen LogP contribution in [-0.2, 0) is 6.42 Å². The zero-order valence-corrected chi connectivity index (χ0v) is 9.28. The Bertz CT molecular complexity index is 265. The first-order chi connectivity index (χ1) is 7.45. The predicted octanol–water partition coefficient (Wildman–Crippen LogP) is -1.52. The van der Waals surface area contributed by atoms with Crippen LogP contribution in [0.25, 0.3) is 0 Å². The summed E-state index contributed by atoms with van der Waals surface area (Å²) in [5.74, 6) is 0. The largest absolute Gasteiger partial charge is 0.341 e. The van der Waals surface area contributed by atoms with Crippen LogP contribution in [0.3, 0.4) is 0 Å². The lowest BCUT2D eigenvalue weighted by atomic mass is 10.2. The van der Waals surface area contributed by atoms with Gasteiger partial charge in [-0.05, 0) is 12.1 Å². The summed E-state index contributed by atoms with van der Waals surface area (Å²) in [5, 5.41) is 2.44. The minimum atomic E-state index is 1.12. The van der Waals surface area contributed by atoms with Gasteiger partial charge in [-0.3, -0.25) is 4.98 Å². The first kappa shape index (κ1) is 10.6. The number of nitrogens with one attached hydrogen (secondary N) is 1. The van der Waals surface area contributed by atoms with Crippen molar-refractivity contribution < 1.29 is 10.2 Å². The fourth-order valence-corrected chi connectivity index (χ4v) is 2.17. The van der Waals surface area contributed by atoms with Gasteiger partial charge in [0.2, 0.25) is 0 Å². The van der Waals surface area contributed by atoms with Crippen LogP contribution in [0, 0.1) is 0 Å². The van der Waals surface area contributed by atoms with E-state index in [1.54, 1.807) is 4.90 Å². The maximum absolute atomic E-state index is 4.37. The molecule has 0 bridgehead atoms. The molecule has 3 heteroatoms. The van der Waals surface area contributed by atoms with Crippen molar-refractivity contribution in [2.75, 3.05) is 32.7 Å². The van der Waals surface area contributed by atoms with Gasteiger partial charge in [-0.2, -0.15) is 0 Å². The van der Waals surface area contributed by atoms with Crippen LogP contribution in [0.5, 0.6) is 0 Å². The highest BCUT2D eigenvalue weighted by molar-refractivity contribution is 5.03. The van der Waals surface area contributed by atoms with Crippen molar-refractivity contribution >= 4 is 0 Å². The van der Waals surface area contributed by atoms with Crippen molar-refractivity contribution in [1.29, 1.82) is 0 Å². The van der Waals surface area contributed by atoms with Gasteiger partial charge in [0.1, 0.15) is 13.1 Å². The van der Waals surface area contributed by atoms with Crippen LogP contribution < -0.4 is 10.2 Å². The quantitative estimate of drug-likeness (QED) is 0.620. The van der Waals surface area contributed by atoms with Gasteiger partial charge in [-0.25, -0.2) is 0 Å². The minimum Gasteiger partial charge on any atom is -0.341 e. The fraction of sp³-hybridized carbons (Fsp3) is 0.583. The molecular weight excluding hydrogens is 186 g/mol. The van der Waals surface area contributed by atoms with Crippen LogP contribution >= 0.6 is 0 Å². The molecule has 3 N–H and O–H groups in total. The molecule has 15 heavy (non-hydrogen) atoms. The Labute approximate surface area is 91.5 Å². The van der Waals surface area contributed by atoms with Crippen LogP contribution in [0.15, 0.2) is 24.4 Å². The van der Waals surface area contributed by atoms with Crippen LogP contribution in [0.1, 0.15) is 12.1 Å². The van der Waals surface area contributed by atoms with Crippen molar-refractivity contribution in [2.24, 2.45) is 0 Å². The van der Waals surface area contributed by atoms with E-state index in [2.05, 4.69) is 22.4 Å². The van der Waals surface area contributed by atoms with Gasteiger partial charge in [-0.1, -0.05) is 6.07 Å². The summed E-state index contributed by atoms with van der Waals surface area (Å²) in [5.41, 5.74) is 1.23. The fourth-order valence-electron chi connectivity index (χ4n) is 2.17. The van der Waals surface area contributed by atoms with E-state index >= 15 is 0 Å². The maximum atomic E-state index is 4.37. The highest BCUT2D eigenvalue weighted by Crippen LogP contribution is 1.91. The van der Waals surface area contributed by atoms with Crippen molar-refractivity contribution in [3.63, 3.8) is 0 Å². The molecule has 0 saturated carbocycles. The lowest BCUT2D eigenvalue weighted by molar-refractivity contribution is -0.904. The van der Waals surface area contributed by atoms with Crippen LogP contribution in [-0.4, -0.2) is 37.7 Å². The molecule has 2 heterocycles. The van der Waals surface area contributed by atoms with Gasteiger partial charge in [0.25, 0.3) is 0 Å². The number of hydrogen-bond acceptors (Lipinski definition) is 1. The minimum absolute atomic E-state index is 1.12. The Kier molecular flexibility index (Phi) is 4.11. The summed E-state index contributed by atoms with van der Waals surface area (Å²) >= 11 is 0. The third kappa shape index (κ3) is 3.61. The number of rotatable bonds is 3. The molecule has 1 aromatic rings. The Hall–Kier alpha value is -0.930. The second kappa shape index (κ2) is 5.83. The Morgan fingerprint density at radius 3 is 3.13 bits per heavy atom. The molecule has 1 unspecified atom stereocenters. The molecule has 0 aromatic carbocycles. The topological polar surface area (TPSA) is 33.9 Å². The lowest BCUT2D eigenvalue weighted by Gasteiger charge is -2.14. The Balaban J connectivity index is 1.77. The molecule has 1 atom stereocenters. The number of aromatic nitrogens is 1. The third-order valence-corrected chi connectivity index (χ3v) is 3.10. The first-order valence-corrected chi connectivity index (χ1v) is 6.00. The van der Waals surface area contributed by atoms with Crippen molar-refractivity contribution in [3.8, 4) is 0 Å². The molecule has 0 spiro atoms. The molecule has 82 valence electrons. The summed E-state index contributed by atoms with van der Waals surface area (Å²) in [6.45, 7) is 6.49. The Morgan fingerprint density at radius 2 is 2.27 bits per heavy atom. The highest BCUT2D eigenvalue weighted by atomic mass is 15.1. The molecule has 0 amide bonds. The monoisotopic (exact) mass is 207 g/mol. The van der Waals surface area contributed by atoms with Crippen molar-refractivity contribution in [2.45, 2.75) is 12.8 Å². The van der Waals surface area contributed by atoms with Gasteiger partial charge in [-0.15, -0.1) is 0 Å². The number of nitrogens with two attached hydrogens (primary N) is 1. The van der Waals surface area contributed by atoms with E-state index in [9.17, 15) is 0 Å². The van der Waals surface area contributed by atoms with Crippen LogP contribution in [0.4, 0.5) is 0 Å². The van der Waals surface area contributed by atoms with E-state index in [1.807, 2.05) is 12.3 Å². The van der Waals surface area contributed by atoms with Gasteiger partial charge in [0, 0.05) is 24.7 Å². The molecule has 1 aliphatic heterocycles. The Morgan fingerprint density at radius 1 is 1.27 bits per heavy atom. The van der Waals surface area contributed by atoms with Crippen molar-refractivity contribution in [3.05, 3.63) is 30.1 Å². The van der Waals surface area contributed by atoms with Gasteiger partial charge < -0.3 is 10.2 Å². The van der Waals surface area contributed by atoms with Gasteiger partial charge in [0.05, 0.1) is 19.6 Å². The third-order valence-electron chi connectivity index (χ3n) is 3.10. The summed E-state index contributed by atoms with van der Waals surface area (Å²) < 4.78 is 0. The van der Waals surface area contributed by atoms with Gasteiger partial charge >= 0.3 is 0 Å². The van der Waals surface area contributed by atoms with E-state index in [0.29, 0.717) is 0 Å². The summed E-state index contributed by atoms with van der Waals surface area (Å²) in [6.07, 6.45) is 4.37. The number of nitrogens with zero attached hydrogens (tertiary/aromatic N) is 1. The lowest BCUT2D eigenvalue weighted by Crippen LogP contribution is -3.13. The van der Waals surface area contributed by atoms with Crippen molar-refractivity contribution in [1.82, 2.24) is 4.98 Å². The number of pyridine rings is 1. The van der Waals surface area contributed by atoms with E-state index in [4.69, 9.17) is 0 Å². The molecule has 3 nitrogen and oxygen atoms in total. The first-order valence-electron chi connectivity index (χ1n) is 6.00. The molecule has 0 aliphatic carbocycles. The molecule has 1 aliphatic rings. The summed E-state index contributed by atoms with van der Waals surface area (Å²) in [6, 6.07) is 6.19. The molecule has 1 fully saturated rings. The second-order valence-corrected chi connectivity index (χ2v) is 4.29. The molecule has 2 rings (SSSR count). The second-order valence-electron chi connectivity index (χ2n) is 4.29. The molecular formula is C12H21N3+2. The average Bonchev–Trinajstić information content (AvgIpc) is 2.56. The van der Waals surface area contributed by atoms with Gasteiger partial charge in [0.15, 0.2) is 0 Å². The average molecular weight is 207 g/mol. The smallest absolute Gasteiger partial charge is 0.127 e.